The average Bonchev–Trinajstić information content (AvgIpc) is 2.38. The summed E-state index contributed by atoms with van der Waals surface area (Å²) in [5, 5.41) is 0. The molecule has 1 rings (SSSR count). The van der Waals surface area contributed by atoms with Gasteiger partial charge >= 0.3 is 17.9 Å². The first kappa shape index (κ1) is 18.4. The molecule has 0 aliphatic carbocycles. The Bertz CT molecular complexity index is 420. The van der Waals surface area contributed by atoms with Crippen molar-refractivity contribution in [2.75, 3.05) is 6.61 Å². The molecule has 1 fully saturated rings. The predicted octanol–water partition coefficient (Wildman–Crippen LogP) is 1.23. The molecular formula is C15H24O7. The van der Waals surface area contributed by atoms with Crippen molar-refractivity contribution in [2.24, 2.45) is 5.92 Å². The number of ether oxygens (including phenoxy) is 4. The van der Waals surface area contributed by atoms with Crippen molar-refractivity contribution in [1.29, 1.82) is 0 Å². The standard InChI is InChI=1S/C15H24O7/c1-8-13(6-7-19-10(3)16)20-9(2)15(22-12(5)18)14(8)21-11(4)17/h8-9,13-15H,6-7H2,1-5H3. The van der Waals surface area contributed by atoms with E-state index in [2.05, 4.69) is 0 Å². The van der Waals surface area contributed by atoms with E-state index in [1.807, 2.05) is 6.92 Å². The number of rotatable bonds is 5. The van der Waals surface area contributed by atoms with Crippen LogP contribution in [0.2, 0.25) is 0 Å². The van der Waals surface area contributed by atoms with E-state index >= 15 is 0 Å². The summed E-state index contributed by atoms with van der Waals surface area (Å²) in [7, 11) is 0. The maximum Gasteiger partial charge on any atom is 0.303 e. The van der Waals surface area contributed by atoms with Crippen LogP contribution in [0.1, 0.15) is 41.0 Å². The van der Waals surface area contributed by atoms with E-state index in [-0.39, 0.29) is 24.6 Å². The number of hydrogen-bond acceptors (Lipinski definition) is 7. The first-order valence-electron chi connectivity index (χ1n) is 7.35. The number of hydrogen-bond donors (Lipinski definition) is 0. The molecule has 0 saturated carbocycles. The Labute approximate surface area is 130 Å². The normalized spacial score (nSPS) is 31.2. The van der Waals surface area contributed by atoms with Gasteiger partial charge < -0.3 is 18.9 Å². The van der Waals surface area contributed by atoms with Gasteiger partial charge in [0.2, 0.25) is 0 Å². The highest BCUT2D eigenvalue weighted by atomic mass is 16.6. The second kappa shape index (κ2) is 8.12. The number of carbonyl (C=O) groups is 3. The van der Waals surface area contributed by atoms with E-state index in [1.54, 1.807) is 6.92 Å². The van der Waals surface area contributed by atoms with Gasteiger partial charge in [-0.15, -0.1) is 0 Å². The molecule has 0 radical (unpaired) electrons. The average molecular weight is 316 g/mol. The second-order valence-electron chi connectivity index (χ2n) is 5.52. The summed E-state index contributed by atoms with van der Waals surface area (Å²) < 4.78 is 21.4. The second-order valence-corrected chi connectivity index (χ2v) is 5.52. The Morgan fingerprint density at radius 1 is 0.909 bits per heavy atom. The lowest BCUT2D eigenvalue weighted by molar-refractivity contribution is -0.221. The summed E-state index contributed by atoms with van der Waals surface area (Å²) >= 11 is 0. The summed E-state index contributed by atoms with van der Waals surface area (Å²) in [6.45, 7) is 7.79. The van der Waals surface area contributed by atoms with Gasteiger partial charge in [-0.3, -0.25) is 14.4 Å². The fourth-order valence-electron chi connectivity index (χ4n) is 2.63. The van der Waals surface area contributed by atoms with Gasteiger partial charge in [0.1, 0.15) is 6.10 Å². The molecule has 0 amide bonds. The van der Waals surface area contributed by atoms with E-state index in [0.29, 0.717) is 6.42 Å². The molecule has 22 heavy (non-hydrogen) atoms. The fourth-order valence-corrected chi connectivity index (χ4v) is 2.63. The lowest BCUT2D eigenvalue weighted by Gasteiger charge is -2.43. The number of esters is 3. The third kappa shape index (κ3) is 5.29. The highest BCUT2D eigenvalue weighted by Crippen LogP contribution is 2.32. The van der Waals surface area contributed by atoms with Crippen molar-refractivity contribution in [1.82, 2.24) is 0 Å². The molecule has 0 N–H and O–H groups in total. The Morgan fingerprint density at radius 2 is 1.45 bits per heavy atom. The molecular weight excluding hydrogens is 292 g/mol. The molecule has 0 bridgehead atoms. The zero-order valence-electron chi connectivity index (χ0n) is 13.7. The minimum absolute atomic E-state index is 0.194. The quantitative estimate of drug-likeness (QED) is 0.556. The van der Waals surface area contributed by atoms with Gasteiger partial charge in [0.05, 0.1) is 18.8 Å². The smallest absolute Gasteiger partial charge is 0.303 e. The lowest BCUT2D eigenvalue weighted by atomic mass is 9.86. The minimum Gasteiger partial charge on any atom is -0.466 e. The maximum atomic E-state index is 11.3. The van der Waals surface area contributed by atoms with Crippen LogP contribution in [0.4, 0.5) is 0 Å². The molecule has 0 aromatic carbocycles. The monoisotopic (exact) mass is 316 g/mol. The van der Waals surface area contributed by atoms with Crippen molar-refractivity contribution in [2.45, 2.75) is 65.5 Å². The van der Waals surface area contributed by atoms with Crippen LogP contribution in [0.25, 0.3) is 0 Å². The molecule has 1 aliphatic rings. The Kier molecular flexibility index (Phi) is 6.80. The molecule has 1 heterocycles. The van der Waals surface area contributed by atoms with E-state index in [0.717, 1.165) is 0 Å². The molecule has 5 unspecified atom stereocenters. The van der Waals surface area contributed by atoms with Gasteiger partial charge in [0.15, 0.2) is 6.10 Å². The molecule has 5 atom stereocenters. The van der Waals surface area contributed by atoms with Crippen molar-refractivity contribution in [3.05, 3.63) is 0 Å². The van der Waals surface area contributed by atoms with E-state index < -0.39 is 30.3 Å². The third-order valence-corrected chi connectivity index (χ3v) is 3.59. The largest absolute Gasteiger partial charge is 0.466 e. The SMILES string of the molecule is CC(=O)OCCC1OC(C)C(OC(C)=O)C(OC(C)=O)C1C. The van der Waals surface area contributed by atoms with Gasteiger partial charge in [0.25, 0.3) is 0 Å². The molecule has 0 aromatic rings. The maximum absolute atomic E-state index is 11.3. The van der Waals surface area contributed by atoms with Crippen molar-refractivity contribution >= 4 is 17.9 Å². The Hall–Kier alpha value is -1.63. The van der Waals surface area contributed by atoms with Gasteiger partial charge in [-0.2, -0.15) is 0 Å². The Morgan fingerprint density at radius 3 is 1.95 bits per heavy atom. The first-order chi connectivity index (χ1) is 10.2. The highest BCUT2D eigenvalue weighted by molar-refractivity contribution is 5.67. The molecule has 126 valence electrons. The van der Waals surface area contributed by atoms with Crippen LogP contribution < -0.4 is 0 Å². The van der Waals surface area contributed by atoms with E-state index in [1.165, 1.54) is 20.8 Å². The predicted molar refractivity (Wildman–Crippen MR) is 75.9 cm³/mol. The van der Waals surface area contributed by atoms with E-state index in [4.69, 9.17) is 18.9 Å². The summed E-state index contributed by atoms with van der Waals surface area (Å²) in [4.78, 5) is 33.4. The molecule has 1 saturated heterocycles. The topological polar surface area (TPSA) is 88.1 Å². The molecule has 0 aromatic heterocycles. The van der Waals surface area contributed by atoms with Gasteiger partial charge in [0, 0.05) is 33.1 Å². The summed E-state index contributed by atoms with van der Waals surface area (Å²) in [6.07, 6.45) is -1.44. The van der Waals surface area contributed by atoms with Crippen molar-refractivity contribution < 1.29 is 33.3 Å². The van der Waals surface area contributed by atoms with Crippen LogP contribution in [0.5, 0.6) is 0 Å². The summed E-state index contributed by atoms with van der Waals surface area (Å²) in [5.74, 6) is -1.45. The van der Waals surface area contributed by atoms with Gasteiger partial charge in [-0.05, 0) is 6.92 Å². The van der Waals surface area contributed by atoms with E-state index in [9.17, 15) is 14.4 Å². The van der Waals surface area contributed by atoms with Crippen molar-refractivity contribution in [3.63, 3.8) is 0 Å². The number of carbonyl (C=O) groups excluding carboxylic acids is 3. The lowest BCUT2D eigenvalue weighted by Crippen LogP contribution is -2.55. The summed E-state index contributed by atoms with van der Waals surface area (Å²) in [6, 6.07) is 0. The third-order valence-electron chi connectivity index (χ3n) is 3.59. The van der Waals surface area contributed by atoms with Crippen LogP contribution in [0.15, 0.2) is 0 Å². The van der Waals surface area contributed by atoms with Crippen LogP contribution in [-0.4, -0.2) is 48.9 Å². The molecule has 7 heteroatoms. The highest BCUT2D eigenvalue weighted by Gasteiger charge is 2.45. The van der Waals surface area contributed by atoms with Crippen LogP contribution in [0.3, 0.4) is 0 Å². The van der Waals surface area contributed by atoms with Crippen LogP contribution in [-0.2, 0) is 33.3 Å². The molecule has 1 aliphatic heterocycles. The minimum atomic E-state index is -0.652. The zero-order valence-corrected chi connectivity index (χ0v) is 13.7. The van der Waals surface area contributed by atoms with Gasteiger partial charge in [-0.25, -0.2) is 0 Å². The summed E-state index contributed by atoms with van der Waals surface area (Å²) in [5.41, 5.74) is 0. The fraction of sp³-hybridized carbons (Fsp3) is 0.800. The zero-order chi connectivity index (χ0) is 16.9. The molecule has 0 spiro atoms. The van der Waals surface area contributed by atoms with Crippen LogP contribution >= 0.6 is 0 Å². The van der Waals surface area contributed by atoms with Crippen molar-refractivity contribution in [3.8, 4) is 0 Å². The van der Waals surface area contributed by atoms with Gasteiger partial charge in [-0.1, -0.05) is 6.92 Å². The Balaban J connectivity index is 2.79. The van der Waals surface area contributed by atoms with Crippen LogP contribution in [0, 0.1) is 5.92 Å². The molecule has 7 nitrogen and oxygen atoms in total. The first-order valence-corrected chi connectivity index (χ1v) is 7.35.